The van der Waals surface area contributed by atoms with Crippen molar-refractivity contribution >= 4 is 34.0 Å². The number of carbonyl (C=O) groups is 2. The Morgan fingerprint density at radius 1 is 1.14 bits per heavy atom. The van der Waals surface area contributed by atoms with Gasteiger partial charge in [-0.05, 0) is 55.2 Å². The summed E-state index contributed by atoms with van der Waals surface area (Å²) in [6.45, 7) is 6.24. The minimum atomic E-state index is -0.513. The Kier molecular flexibility index (Phi) is 4.73. The monoisotopic (exact) mass is 391 g/mol. The molecule has 6 heteroatoms. The van der Waals surface area contributed by atoms with E-state index in [1.807, 2.05) is 29.6 Å². The van der Waals surface area contributed by atoms with Crippen LogP contribution in [0.5, 0.6) is 0 Å². The van der Waals surface area contributed by atoms with Gasteiger partial charge in [0.2, 0.25) is 11.8 Å². The van der Waals surface area contributed by atoms with E-state index in [0.29, 0.717) is 10.8 Å². The van der Waals surface area contributed by atoms with Crippen LogP contribution in [0.25, 0.3) is 11.3 Å². The van der Waals surface area contributed by atoms with Gasteiger partial charge in [0.15, 0.2) is 5.13 Å². The number of thiazole rings is 1. The quantitative estimate of drug-likeness (QED) is 0.674. The van der Waals surface area contributed by atoms with E-state index in [1.54, 1.807) is 0 Å². The number of aromatic nitrogens is 1. The third-order valence-electron chi connectivity index (χ3n) is 5.17. The Bertz CT molecular complexity index is 1090. The Morgan fingerprint density at radius 3 is 2.71 bits per heavy atom. The SMILES string of the molecule is Cc1cc(C)c(-c2csc(NC(=O)C3CC(=O)Nc4ccccc43)n2)cc1C. The average molecular weight is 391 g/mol. The number of anilines is 2. The summed E-state index contributed by atoms with van der Waals surface area (Å²) in [7, 11) is 0. The van der Waals surface area contributed by atoms with Gasteiger partial charge in [0.1, 0.15) is 0 Å². The summed E-state index contributed by atoms with van der Waals surface area (Å²) in [4.78, 5) is 29.4. The molecule has 3 aromatic rings. The fraction of sp³-hybridized carbons (Fsp3) is 0.227. The number of carbonyl (C=O) groups excluding carboxylic acids is 2. The van der Waals surface area contributed by atoms with Crippen molar-refractivity contribution in [2.75, 3.05) is 10.6 Å². The molecule has 2 heterocycles. The smallest absolute Gasteiger partial charge is 0.234 e. The zero-order valence-electron chi connectivity index (χ0n) is 16.0. The van der Waals surface area contributed by atoms with Crippen molar-refractivity contribution in [2.45, 2.75) is 33.1 Å². The zero-order chi connectivity index (χ0) is 19.8. The van der Waals surface area contributed by atoms with Crippen LogP contribution in [0, 0.1) is 20.8 Å². The van der Waals surface area contributed by atoms with E-state index in [-0.39, 0.29) is 18.2 Å². The Balaban J connectivity index is 1.57. The Hall–Kier alpha value is -2.99. The van der Waals surface area contributed by atoms with E-state index in [9.17, 15) is 9.59 Å². The van der Waals surface area contributed by atoms with E-state index in [0.717, 1.165) is 22.4 Å². The number of nitrogens with zero attached hydrogens (tertiary/aromatic N) is 1. The highest BCUT2D eigenvalue weighted by Gasteiger charge is 2.30. The molecule has 28 heavy (non-hydrogen) atoms. The Labute approximate surface area is 167 Å². The zero-order valence-corrected chi connectivity index (χ0v) is 16.8. The second-order valence-corrected chi connectivity index (χ2v) is 8.03. The minimum Gasteiger partial charge on any atom is -0.326 e. The van der Waals surface area contributed by atoms with Gasteiger partial charge in [-0.25, -0.2) is 4.98 Å². The van der Waals surface area contributed by atoms with Crippen LogP contribution in [-0.4, -0.2) is 16.8 Å². The topological polar surface area (TPSA) is 71.1 Å². The number of para-hydroxylation sites is 1. The van der Waals surface area contributed by atoms with Crippen LogP contribution in [0.1, 0.15) is 34.6 Å². The summed E-state index contributed by atoms with van der Waals surface area (Å²) in [5, 5.41) is 8.21. The van der Waals surface area contributed by atoms with Crippen LogP contribution < -0.4 is 10.6 Å². The van der Waals surface area contributed by atoms with Crippen LogP contribution in [0.2, 0.25) is 0 Å². The van der Waals surface area contributed by atoms with Gasteiger partial charge < -0.3 is 10.6 Å². The second kappa shape index (κ2) is 7.20. The first kappa shape index (κ1) is 18.4. The number of hydrogen-bond donors (Lipinski definition) is 2. The van der Waals surface area contributed by atoms with Crippen LogP contribution in [0.15, 0.2) is 41.8 Å². The predicted molar refractivity (Wildman–Crippen MR) is 113 cm³/mol. The van der Waals surface area contributed by atoms with Crippen molar-refractivity contribution in [3.63, 3.8) is 0 Å². The molecule has 5 nitrogen and oxygen atoms in total. The van der Waals surface area contributed by atoms with E-state index in [4.69, 9.17) is 0 Å². The van der Waals surface area contributed by atoms with Gasteiger partial charge in [0.25, 0.3) is 0 Å². The molecular weight excluding hydrogens is 370 g/mol. The first-order valence-corrected chi connectivity index (χ1v) is 10.0. The molecule has 1 aliphatic heterocycles. The van der Waals surface area contributed by atoms with E-state index in [2.05, 4.69) is 48.5 Å². The van der Waals surface area contributed by atoms with Crippen molar-refractivity contribution in [1.29, 1.82) is 0 Å². The molecule has 1 aromatic heterocycles. The maximum Gasteiger partial charge on any atom is 0.234 e. The number of aryl methyl sites for hydroxylation is 3. The third-order valence-corrected chi connectivity index (χ3v) is 5.92. The lowest BCUT2D eigenvalue weighted by molar-refractivity contribution is -0.123. The molecule has 0 bridgehead atoms. The summed E-state index contributed by atoms with van der Waals surface area (Å²) in [5.41, 5.74) is 7.07. The molecule has 0 saturated carbocycles. The lowest BCUT2D eigenvalue weighted by atomic mass is 9.90. The second-order valence-electron chi connectivity index (χ2n) is 7.17. The third kappa shape index (κ3) is 3.43. The van der Waals surface area contributed by atoms with Gasteiger partial charge in [-0.1, -0.05) is 24.3 Å². The van der Waals surface area contributed by atoms with Crippen LogP contribution >= 0.6 is 11.3 Å². The van der Waals surface area contributed by atoms with Crippen LogP contribution in [0.4, 0.5) is 10.8 Å². The van der Waals surface area contributed by atoms with Gasteiger partial charge in [-0.2, -0.15) is 0 Å². The largest absolute Gasteiger partial charge is 0.326 e. The van der Waals surface area contributed by atoms with E-state index < -0.39 is 5.92 Å². The minimum absolute atomic E-state index is 0.136. The first-order valence-electron chi connectivity index (χ1n) is 9.16. The summed E-state index contributed by atoms with van der Waals surface area (Å²) >= 11 is 1.39. The van der Waals surface area contributed by atoms with Crippen molar-refractivity contribution in [3.8, 4) is 11.3 Å². The molecule has 142 valence electrons. The fourth-order valence-electron chi connectivity index (χ4n) is 3.53. The van der Waals surface area contributed by atoms with E-state index >= 15 is 0 Å². The van der Waals surface area contributed by atoms with Gasteiger partial charge in [-0.3, -0.25) is 9.59 Å². The summed E-state index contributed by atoms with van der Waals surface area (Å²) in [6.07, 6.45) is 0.136. The van der Waals surface area contributed by atoms with Crippen molar-refractivity contribution < 1.29 is 9.59 Å². The molecule has 0 radical (unpaired) electrons. The summed E-state index contributed by atoms with van der Waals surface area (Å²) in [5.74, 6) is -0.870. The molecule has 1 aliphatic rings. The molecule has 2 amide bonds. The van der Waals surface area contributed by atoms with Crippen molar-refractivity contribution in [2.24, 2.45) is 0 Å². The molecular formula is C22H21N3O2S. The molecule has 0 fully saturated rings. The first-order chi connectivity index (χ1) is 13.4. The number of amides is 2. The van der Waals surface area contributed by atoms with Gasteiger partial charge in [-0.15, -0.1) is 11.3 Å². The van der Waals surface area contributed by atoms with Gasteiger partial charge >= 0.3 is 0 Å². The number of fused-ring (bicyclic) bond motifs is 1. The highest BCUT2D eigenvalue weighted by Crippen LogP contribution is 2.34. The van der Waals surface area contributed by atoms with E-state index in [1.165, 1.54) is 22.5 Å². The maximum atomic E-state index is 12.9. The standard InChI is InChI=1S/C22H21N3O2S/c1-12-8-14(3)16(9-13(12)2)19-11-28-22(24-19)25-21(27)17-10-20(26)23-18-7-5-4-6-15(17)18/h4-9,11,17H,10H2,1-3H3,(H,23,26)(H,24,25,27). The number of hydrogen-bond acceptors (Lipinski definition) is 4. The molecule has 1 atom stereocenters. The molecule has 4 rings (SSSR count). The fourth-order valence-corrected chi connectivity index (χ4v) is 4.24. The maximum absolute atomic E-state index is 12.9. The van der Waals surface area contributed by atoms with Crippen molar-refractivity contribution in [1.82, 2.24) is 4.98 Å². The average Bonchev–Trinajstić information content (AvgIpc) is 3.12. The highest BCUT2D eigenvalue weighted by molar-refractivity contribution is 7.14. The highest BCUT2D eigenvalue weighted by atomic mass is 32.1. The number of nitrogens with one attached hydrogen (secondary N) is 2. The lowest BCUT2D eigenvalue weighted by Gasteiger charge is -2.24. The number of rotatable bonds is 3. The summed E-state index contributed by atoms with van der Waals surface area (Å²) in [6, 6.07) is 11.7. The van der Waals surface area contributed by atoms with Gasteiger partial charge in [0.05, 0.1) is 11.6 Å². The molecule has 0 saturated heterocycles. The summed E-state index contributed by atoms with van der Waals surface area (Å²) < 4.78 is 0. The molecule has 1 unspecified atom stereocenters. The van der Waals surface area contributed by atoms with Crippen LogP contribution in [0.3, 0.4) is 0 Å². The predicted octanol–water partition coefficient (Wildman–Crippen LogP) is 4.80. The molecule has 0 spiro atoms. The lowest BCUT2D eigenvalue weighted by Crippen LogP contribution is -2.30. The Morgan fingerprint density at radius 2 is 1.89 bits per heavy atom. The molecule has 2 aromatic carbocycles. The van der Waals surface area contributed by atoms with Gasteiger partial charge in [0, 0.05) is 23.1 Å². The molecule has 0 aliphatic carbocycles. The molecule has 2 N–H and O–H groups in total. The number of benzene rings is 2. The van der Waals surface area contributed by atoms with Crippen molar-refractivity contribution in [3.05, 3.63) is 64.0 Å². The normalized spacial score (nSPS) is 15.7. The van der Waals surface area contributed by atoms with Crippen LogP contribution in [-0.2, 0) is 9.59 Å².